The van der Waals surface area contributed by atoms with Crippen LogP contribution >= 0.6 is 0 Å². The van der Waals surface area contributed by atoms with Crippen molar-refractivity contribution in [1.82, 2.24) is 5.32 Å². The van der Waals surface area contributed by atoms with Gasteiger partial charge in [-0.25, -0.2) is 0 Å². The number of nitrogens with one attached hydrogen (secondary N) is 1. The van der Waals surface area contributed by atoms with Gasteiger partial charge >= 0.3 is 5.97 Å². The molecule has 1 amide bonds. The van der Waals surface area contributed by atoms with Gasteiger partial charge in [-0.1, -0.05) is 270 Å². The van der Waals surface area contributed by atoms with Gasteiger partial charge in [0, 0.05) is 6.42 Å². The third kappa shape index (κ3) is 47.1. The van der Waals surface area contributed by atoms with Crippen LogP contribution in [-0.2, 0) is 14.3 Å². The molecule has 380 valence electrons. The fourth-order valence-electron chi connectivity index (χ4n) is 9.19. The van der Waals surface area contributed by atoms with Gasteiger partial charge in [-0.3, -0.25) is 9.59 Å². The van der Waals surface area contributed by atoms with E-state index in [0.717, 1.165) is 51.4 Å². The van der Waals surface area contributed by atoms with E-state index in [4.69, 9.17) is 4.74 Å². The Bertz CT molecular complexity index is 970. The summed E-state index contributed by atoms with van der Waals surface area (Å²) in [5, 5.41) is 23.9. The van der Waals surface area contributed by atoms with Gasteiger partial charge in [0.1, 0.15) is 6.10 Å². The van der Waals surface area contributed by atoms with Crippen molar-refractivity contribution in [3.63, 3.8) is 0 Å². The number of rotatable bonds is 53. The third-order valence-electron chi connectivity index (χ3n) is 13.6. The number of hydrogen-bond donors (Lipinski definition) is 3. The van der Waals surface area contributed by atoms with Crippen molar-refractivity contribution in [2.75, 3.05) is 6.61 Å². The van der Waals surface area contributed by atoms with Crippen LogP contribution in [0.2, 0.25) is 0 Å². The number of hydrogen-bond acceptors (Lipinski definition) is 5. The number of aliphatic hydroxyl groups excluding tert-OH is 2. The average molecular weight is 905 g/mol. The highest BCUT2D eigenvalue weighted by molar-refractivity contribution is 5.77. The molecule has 0 aromatic rings. The minimum Gasteiger partial charge on any atom is -0.462 e. The number of esters is 1. The maximum Gasteiger partial charge on any atom is 0.306 e. The van der Waals surface area contributed by atoms with Crippen molar-refractivity contribution >= 4 is 11.9 Å². The minimum atomic E-state index is -0.785. The largest absolute Gasteiger partial charge is 0.462 e. The van der Waals surface area contributed by atoms with Gasteiger partial charge in [0.25, 0.3) is 0 Å². The van der Waals surface area contributed by atoms with Crippen LogP contribution in [0.15, 0.2) is 12.2 Å². The lowest BCUT2D eigenvalue weighted by atomic mass is 10.0. The molecule has 3 unspecified atom stereocenters. The highest BCUT2D eigenvalue weighted by atomic mass is 16.5. The van der Waals surface area contributed by atoms with Crippen molar-refractivity contribution in [3.05, 3.63) is 12.2 Å². The Morgan fingerprint density at radius 3 is 1.11 bits per heavy atom. The van der Waals surface area contributed by atoms with E-state index in [-0.39, 0.29) is 24.9 Å². The summed E-state index contributed by atoms with van der Waals surface area (Å²) < 4.78 is 5.96. The summed E-state index contributed by atoms with van der Waals surface area (Å²) in [7, 11) is 0. The molecule has 0 radical (unpaired) electrons. The monoisotopic (exact) mass is 904 g/mol. The summed E-state index contributed by atoms with van der Waals surface area (Å²) in [6, 6.07) is -0.698. The molecule has 3 atom stereocenters. The number of amides is 1. The zero-order valence-corrected chi connectivity index (χ0v) is 43.4. The second-order valence-corrected chi connectivity index (χ2v) is 20.1. The maximum absolute atomic E-state index is 13.3. The van der Waals surface area contributed by atoms with Crippen LogP contribution in [0, 0.1) is 0 Å². The number of aliphatic hydroxyl groups is 2. The summed E-state index contributed by atoms with van der Waals surface area (Å²) in [5.74, 6) is -0.470. The molecule has 0 aliphatic rings. The smallest absolute Gasteiger partial charge is 0.306 e. The van der Waals surface area contributed by atoms with Gasteiger partial charge in [-0.2, -0.15) is 0 Å². The normalized spacial score (nSPS) is 13.1. The topological polar surface area (TPSA) is 95.9 Å². The molecule has 0 aliphatic carbocycles. The average Bonchev–Trinajstić information content (AvgIpc) is 3.29. The van der Waals surface area contributed by atoms with Crippen LogP contribution in [0.5, 0.6) is 0 Å². The van der Waals surface area contributed by atoms with Crippen LogP contribution in [0.3, 0.4) is 0 Å². The van der Waals surface area contributed by atoms with Gasteiger partial charge in [0.15, 0.2) is 0 Å². The van der Waals surface area contributed by atoms with Gasteiger partial charge in [-0.05, 0) is 51.4 Å². The highest BCUT2D eigenvalue weighted by Crippen LogP contribution is 2.19. The molecule has 0 aliphatic heterocycles. The Balaban J connectivity index is 4.53. The van der Waals surface area contributed by atoms with E-state index in [0.29, 0.717) is 19.3 Å². The molecule has 0 rings (SSSR count). The standard InChI is InChI=1S/C58H113NO5/c1-4-7-10-13-16-19-22-25-28-29-30-31-34-37-40-43-46-49-54(64-58(63)51-48-45-42-39-36-33-27-24-21-18-15-12-9-6-3)52-57(62)59-55(53-60)56(61)50-47-44-41-38-35-32-26-23-20-17-14-11-8-5-2/h33,36,54-56,60-61H,4-32,34-35,37-53H2,1-3H3,(H,59,62)/b36-33-. The van der Waals surface area contributed by atoms with Crippen molar-refractivity contribution in [2.24, 2.45) is 0 Å². The highest BCUT2D eigenvalue weighted by Gasteiger charge is 2.24. The van der Waals surface area contributed by atoms with Gasteiger partial charge < -0.3 is 20.3 Å². The SMILES string of the molecule is CCCCCCCCC/C=C\CCCCCC(=O)OC(CCCCCCCCCCCCCCCCCCC)CC(=O)NC(CO)C(O)CCCCCCCCCCCCCCCC. The molecular formula is C58H113NO5. The lowest BCUT2D eigenvalue weighted by molar-refractivity contribution is -0.151. The van der Waals surface area contributed by atoms with Gasteiger partial charge in [0.05, 0.1) is 25.2 Å². The molecule has 0 saturated carbocycles. The first kappa shape index (κ1) is 62.6. The number of allylic oxidation sites excluding steroid dienone is 2. The van der Waals surface area contributed by atoms with Crippen molar-refractivity contribution < 1.29 is 24.5 Å². The van der Waals surface area contributed by atoms with Crippen LogP contribution in [0.1, 0.15) is 323 Å². The van der Waals surface area contributed by atoms with Crippen molar-refractivity contribution in [2.45, 2.75) is 341 Å². The first-order valence-corrected chi connectivity index (χ1v) is 28.9. The van der Waals surface area contributed by atoms with Gasteiger partial charge in [-0.15, -0.1) is 0 Å². The zero-order valence-electron chi connectivity index (χ0n) is 43.4. The molecule has 6 heteroatoms. The van der Waals surface area contributed by atoms with Gasteiger partial charge in [0.2, 0.25) is 5.91 Å². The van der Waals surface area contributed by atoms with E-state index in [2.05, 4.69) is 38.2 Å². The molecule has 6 nitrogen and oxygen atoms in total. The summed E-state index contributed by atoms with van der Waals surface area (Å²) in [5.41, 5.74) is 0. The zero-order chi connectivity index (χ0) is 46.7. The molecule has 0 heterocycles. The number of unbranched alkanes of at least 4 members (excludes halogenated alkanes) is 39. The maximum atomic E-state index is 13.3. The number of carbonyl (C=O) groups excluding carboxylic acids is 2. The fourth-order valence-corrected chi connectivity index (χ4v) is 9.19. The lowest BCUT2D eigenvalue weighted by Crippen LogP contribution is -2.46. The fraction of sp³-hybridized carbons (Fsp3) is 0.931. The van der Waals surface area contributed by atoms with Crippen LogP contribution in [0.25, 0.3) is 0 Å². The molecule has 3 N–H and O–H groups in total. The molecule has 0 aromatic carbocycles. The minimum absolute atomic E-state index is 0.0796. The molecule has 0 bridgehead atoms. The first-order chi connectivity index (χ1) is 31.5. The first-order valence-electron chi connectivity index (χ1n) is 28.9. The van der Waals surface area contributed by atoms with Crippen LogP contribution in [-0.4, -0.2) is 46.9 Å². The molecular weight excluding hydrogens is 791 g/mol. The Kier molecular flexibility index (Phi) is 51.4. The second-order valence-electron chi connectivity index (χ2n) is 20.1. The van der Waals surface area contributed by atoms with E-state index in [9.17, 15) is 19.8 Å². The molecule has 0 saturated heterocycles. The molecule has 0 spiro atoms. The third-order valence-corrected chi connectivity index (χ3v) is 13.6. The second kappa shape index (κ2) is 52.6. The van der Waals surface area contributed by atoms with E-state index >= 15 is 0 Å². The molecule has 64 heavy (non-hydrogen) atoms. The molecule has 0 fully saturated rings. The number of ether oxygens (including phenoxy) is 1. The Morgan fingerprint density at radius 2 is 0.750 bits per heavy atom. The van der Waals surface area contributed by atoms with Crippen molar-refractivity contribution in [3.8, 4) is 0 Å². The van der Waals surface area contributed by atoms with E-state index in [1.54, 1.807) is 0 Å². The van der Waals surface area contributed by atoms with E-state index < -0.39 is 18.2 Å². The summed E-state index contributed by atoms with van der Waals surface area (Å²) in [4.78, 5) is 26.2. The van der Waals surface area contributed by atoms with Crippen LogP contribution < -0.4 is 5.32 Å². The predicted octanol–water partition coefficient (Wildman–Crippen LogP) is 17.7. The predicted molar refractivity (Wildman–Crippen MR) is 278 cm³/mol. The van der Waals surface area contributed by atoms with Crippen LogP contribution in [0.4, 0.5) is 0 Å². The molecule has 0 aromatic heterocycles. The Morgan fingerprint density at radius 1 is 0.438 bits per heavy atom. The summed E-state index contributed by atoms with van der Waals surface area (Å²) in [6.45, 7) is 6.52. The van der Waals surface area contributed by atoms with E-state index in [1.807, 2.05) is 0 Å². The Labute approximate surface area is 399 Å². The summed E-state index contributed by atoms with van der Waals surface area (Å²) >= 11 is 0. The quantitative estimate of drug-likeness (QED) is 0.0321. The number of carbonyl (C=O) groups is 2. The lowest BCUT2D eigenvalue weighted by Gasteiger charge is -2.24. The summed E-state index contributed by atoms with van der Waals surface area (Å²) in [6.07, 6.45) is 59.9. The van der Waals surface area contributed by atoms with E-state index in [1.165, 1.54) is 225 Å². The Hall–Kier alpha value is -1.40. The van der Waals surface area contributed by atoms with Crippen molar-refractivity contribution in [1.29, 1.82) is 0 Å².